The molecule has 0 bridgehead atoms. The van der Waals surface area contributed by atoms with Gasteiger partial charge in [0, 0.05) is 27.7 Å². The maximum atomic E-state index is 13.6. The standard InChI is InChI=1S/C32H42N2O2S3/c1-6-9-11-12-13-14-16-33-31(35)26-21(5)38-30(27(26)32(33)36)25-18-24-29(39-25)28-23(17-20(4)37-28)34(24)19-22(8-3)15-10-7-2/h17-18,22H,6-16,19H2,1-5H3. The van der Waals surface area contributed by atoms with Gasteiger partial charge in [0.15, 0.2) is 0 Å². The summed E-state index contributed by atoms with van der Waals surface area (Å²) < 4.78 is 5.22. The summed E-state index contributed by atoms with van der Waals surface area (Å²) in [5, 5.41) is 0. The molecular weight excluding hydrogens is 541 g/mol. The van der Waals surface area contributed by atoms with E-state index < -0.39 is 0 Å². The maximum absolute atomic E-state index is 13.6. The summed E-state index contributed by atoms with van der Waals surface area (Å²) in [7, 11) is 0. The van der Waals surface area contributed by atoms with Gasteiger partial charge in [-0.25, -0.2) is 0 Å². The molecule has 0 radical (unpaired) electrons. The second kappa shape index (κ2) is 12.3. The van der Waals surface area contributed by atoms with Crippen LogP contribution >= 0.6 is 34.0 Å². The largest absolute Gasteiger partial charge is 0.339 e. The Morgan fingerprint density at radius 1 is 0.769 bits per heavy atom. The first-order valence-corrected chi connectivity index (χ1v) is 17.4. The van der Waals surface area contributed by atoms with Crippen LogP contribution in [0.3, 0.4) is 0 Å². The molecule has 0 aromatic carbocycles. The minimum atomic E-state index is -0.0911. The second-order valence-corrected chi connectivity index (χ2v) is 14.7. The van der Waals surface area contributed by atoms with E-state index in [1.165, 1.54) is 81.6 Å². The molecule has 7 heteroatoms. The number of aromatic nitrogens is 1. The monoisotopic (exact) mass is 582 g/mol. The van der Waals surface area contributed by atoms with Crippen molar-refractivity contribution >= 4 is 66.3 Å². The number of fused-ring (bicyclic) bond motifs is 4. The Morgan fingerprint density at radius 3 is 2.18 bits per heavy atom. The van der Waals surface area contributed by atoms with Gasteiger partial charge in [-0.2, -0.15) is 0 Å². The van der Waals surface area contributed by atoms with Crippen LogP contribution in [0.25, 0.3) is 30.2 Å². The summed E-state index contributed by atoms with van der Waals surface area (Å²) in [6, 6.07) is 4.64. The average molecular weight is 583 g/mol. The van der Waals surface area contributed by atoms with E-state index >= 15 is 0 Å². The van der Waals surface area contributed by atoms with Crippen molar-refractivity contribution in [3.63, 3.8) is 0 Å². The molecule has 5 heterocycles. The molecule has 0 aliphatic carbocycles. The van der Waals surface area contributed by atoms with Crippen molar-refractivity contribution < 1.29 is 9.59 Å². The number of hydrogen-bond acceptors (Lipinski definition) is 5. The van der Waals surface area contributed by atoms with E-state index in [0.717, 1.165) is 34.0 Å². The number of carbonyl (C=O) groups excluding carboxylic acids is 2. The second-order valence-electron chi connectivity index (χ2n) is 11.2. The summed E-state index contributed by atoms with van der Waals surface area (Å²) in [6.07, 6.45) is 11.8. The maximum Gasteiger partial charge on any atom is 0.263 e. The van der Waals surface area contributed by atoms with Gasteiger partial charge in [-0.05, 0) is 44.7 Å². The van der Waals surface area contributed by atoms with Gasteiger partial charge < -0.3 is 4.57 Å². The Kier molecular flexibility index (Phi) is 8.99. The molecular formula is C32H42N2O2S3. The third-order valence-corrected chi connectivity index (χ3v) is 11.9. The van der Waals surface area contributed by atoms with Crippen molar-refractivity contribution in [3.05, 3.63) is 33.0 Å². The van der Waals surface area contributed by atoms with Gasteiger partial charge in [0.2, 0.25) is 0 Å². The molecule has 1 aliphatic heterocycles. The first-order chi connectivity index (χ1) is 18.9. The highest BCUT2D eigenvalue weighted by Crippen LogP contribution is 2.48. The molecule has 210 valence electrons. The van der Waals surface area contributed by atoms with Gasteiger partial charge in [-0.1, -0.05) is 72.1 Å². The molecule has 0 fully saturated rings. The Morgan fingerprint density at radius 2 is 1.44 bits per heavy atom. The topological polar surface area (TPSA) is 42.3 Å². The van der Waals surface area contributed by atoms with Crippen LogP contribution in [0.2, 0.25) is 0 Å². The quantitative estimate of drug-likeness (QED) is 0.110. The summed E-state index contributed by atoms with van der Waals surface area (Å²) in [5.74, 6) is 0.481. The highest BCUT2D eigenvalue weighted by Gasteiger charge is 2.41. The predicted molar refractivity (Wildman–Crippen MR) is 170 cm³/mol. The molecule has 0 saturated carbocycles. The highest BCUT2D eigenvalue weighted by atomic mass is 32.1. The third-order valence-electron chi connectivity index (χ3n) is 8.28. The van der Waals surface area contributed by atoms with Crippen molar-refractivity contribution in [3.8, 4) is 9.75 Å². The fourth-order valence-corrected chi connectivity index (χ4v) is 9.59. The molecule has 0 spiro atoms. The van der Waals surface area contributed by atoms with Gasteiger partial charge in [-0.15, -0.1) is 34.0 Å². The van der Waals surface area contributed by atoms with Gasteiger partial charge in [0.25, 0.3) is 11.8 Å². The Balaban J connectivity index is 1.46. The lowest BCUT2D eigenvalue weighted by atomic mass is 9.99. The van der Waals surface area contributed by atoms with Crippen molar-refractivity contribution in [2.45, 2.75) is 105 Å². The zero-order valence-electron chi connectivity index (χ0n) is 24.2. The van der Waals surface area contributed by atoms with Crippen LogP contribution in [0, 0.1) is 19.8 Å². The molecule has 0 saturated heterocycles. The number of amides is 2. The molecule has 1 atom stereocenters. The molecule has 4 nitrogen and oxygen atoms in total. The van der Waals surface area contributed by atoms with E-state index in [2.05, 4.69) is 44.4 Å². The van der Waals surface area contributed by atoms with E-state index in [9.17, 15) is 9.59 Å². The van der Waals surface area contributed by atoms with Crippen LogP contribution in [0.4, 0.5) is 0 Å². The summed E-state index contributed by atoms with van der Waals surface area (Å²) >= 11 is 5.29. The molecule has 39 heavy (non-hydrogen) atoms. The fourth-order valence-electron chi connectivity index (χ4n) is 6.02. The SMILES string of the molecule is CCCCCCCCN1C(=O)c2c(C)sc(-c3cc4c(s3)c3sc(C)cc3n4CC(CC)CCCC)c2C1=O. The minimum Gasteiger partial charge on any atom is -0.339 e. The van der Waals surface area contributed by atoms with Crippen molar-refractivity contribution in [2.24, 2.45) is 5.92 Å². The number of imide groups is 1. The van der Waals surface area contributed by atoms with Crippen molar-refractivity contribution in [1.82, 2.24) is 9.47 Å². The molecule has 1 aliphatic rings. The normalized spacial score (nSPS) is 14.4. The molecule has 4 aromatic rings. The number of rotatable bonds is 14. The van der Waals surface area contributed by atoms with Crippen LogP contribution in [-0.2, 0) is 6.54 Å². The zero-order chi connectivity index (χ0) is 27.7. The first kappa shape index (κ1) is 28.6. The molecule has 1 unspecified atom stereocenters. The number of nitrogens with zero attached hydrogens (tertiary/aromatic N) is 2. The molecule has 5 rings (SSSR count). The number of carbonyl (C=O) groups is 2. The van der Waals surface area contributed by atoms with Gasteiger partial charge >= 0.3 is 0 Å². The lowest BCUT2D eigenvalue weighted by Crippen LogP contribution is -2.31. The Bertz CT molecular complexity index is 1480. The summed E-state index contributed by atoms with van der Waals surface area (Å²) in [5.41, 5.74) is 3.93. The van der Waals surface area contributed by atoms with Crippen molar-refractivity contribution in [1.29, 1.82) is 0 Å². The fraction of sp³-hybridized carbons (Fsp3) is 0.562. The van der Waals surface area contributed by atoms with E-state index in [1.807, 2.05) is 18.3 Å². The molecule has 4 aromatic heterocycles. The van der Waals surface area contributed by atoms with E-state index in [1.54, 1.807) is 22.7 Å². The Labute approximate surface area is 245 Å². The highest BCUT2D eigenvalue weighted by molar-refractivity contribution is 7.30. The van der Waals surface area contributed by atoms with Crippen LogP contribution in [0.15, 0.2) is 12.1 Å². The van der Waals surface area contributed by atoms with Crippen LogP contribution < -0.4 is 0 Å². The predicted octanol–water partition coefficient (Wildman–Crippen LogP) is 10.4. The summed E-state index contributed by atoms with van der Waals surface area (Å²) in [6.45, 7) is 12.6. The number of thiophene rings is 3. The number of unbranched alkanes of at least 4 members (excludes halogenated alkanes) is 6. The van der Waals surface area contributed by atoms with E-state index in [0.29, 0.717) is 23.6 Å². The number of aryl methyl sites for hydroxylation is 2. The number of hydrogen-bond donors (Lipinski definition) is 0. The van der Waals surface area contributed by atoms with Crippen molar-refractivity contribution in [2.75, 3.05) is 6.54 Å². The van der Waals surface area contributed by atoms with Gasteiger partial charge in [-0.3, -0.25) is 14.5 Å². The minimum absolute atomic E-state index is 0.0906. The first-order valence-electron chi connectivity index (χ1n) is 14.9. The summed E-state index contributed by atoms with van der Waals surface area (Å²) in [4.78, 5) is 32.9. The smallest absolute Gasteiger partial charge is 0.263 e. The third kappa shape index (κ3) is 5.39. The van der Waals surface area contributed by atoms with Gasteiger partial charge in [0.1, 0.15) is 0 Å². The molecule has 0 N–H and O–H groups in total. The lowest BCUT2D eigenvalue weighted by molar-refractivity contribution is 0.0651. The van der Waals surface area contributed by atoms with Gasteiger partial charge in [0.05, 0.1) is 36.4 Å². The van der Waals surface area contributed by atoms with Crippen LogP contribution in [0.1, 0.15) is 115 Å². The lowest BCUT2D eigenvalue weighted by Gasteiger charge is -2.16. The zero-order valence-corrected chi connectivity index (χ0v) is 26.6. The molecule has 2 amide bonds. The average Bonchev–Trinajstić information content (AvgIpc) is 3.69. The van der Waals surface area contributed by atoms with E-state index in [-0.39, 0.29) is 11.8 Å². The van der Waals surface area contributed by atoms with Crippen LogP contribution in [-0.4, -0.2) is 27.8 Å². The Hall–Kier alpha value is -1.96. The van der Waals surface area contributed by atoms with Crippen LogP contribution in [0.5, 0.6) is 0 Å². The van der Waals surface area contributed by atoms with E-state index in [4.69, 9.17) is 0 Å².